The predicted octanol–water partition coefficient (Wildman–Crippen LogP) is 3.66. The smallest absolute Gasteiger partial charge is 0.123 e. The maximum Gasteiger partial charge on any atom is 0.123 e. The van der Waals surface area contributed by atoms with Crippen LogP contribution in [-0.2, 0) is 4.79 Å². The normalized spacial score (nSPS) is 13.6. The summed E-state index contributed by atoms with van der Waals surface area (Å²) in [6, 6.07) is 3.83. The van der Waals surface area contributed by atoms with Crippen LogP contribution in [0, 0.1) is 0 Å². The highest BCUT2D eigenvalue weighted by Gasteiger charge is 2.34. The number of carbonyl (C=O) groups excluding carboxylic acids is 1. The quantitative estimate of drug-likeness (QED) is 0.487. The fraction of sp³-hybridized carbons (Fsp3) is 0.818. The van der Waals surface area contributed by atoms with Gasteiger partial charge < -0.3 is 0 Å². The molecular weight excluding hydrogens is 176 g/mol. The minimum absolute atomic E-state index is 0.505. The van der Waals surface area contributed by atoms with Crippen LogP contribution in [0.2, 0.25) is 23.7 Å². The molecule has 0 amide bonds. The number of allylic oxidation sites excluding steroid dienone is 1. The van der Waals surface area contributed by atoms with Gasteiger partial charge in [0, 0.05) is 5.57 Å². The van der Waals surface area contributed by atoms with Gasteiger partial charge in [-0.1, -0.05) is 45.8 Å². The average Bonchev–Trinajstić information content (AvgIpc) is 2.20. The maximum absolute atomic E-state index is 10.6. The van der Waals surface area contributed by atoms with E-state index in [0.717, 1.165) is 5.57 Å². The summed E-state index contributed by atoms with van der Waals surface area (Å²) in [4.78, 5) is 10.6. The topological polar surface area (TPSA) is 17.1 Å². The van der Waals surface area contributed by atoms with Crippen molar-refractivity contribution in [2.45, 2.75) is 58.3 Å². The molecule has 1 nitrogen and oxygen atoms in total. The first kappa shape index (κ1) is 12.7. The third-order valence-electron chi connectivity index (χ3n) is 3.84. The Kier molecular flexibility index (Phi) is 5.27. The van der Waals surface area contributed by atoms with Crippen LogP contribution in [0.4, 0.5) is 0 Å². The van der Waals surface area contributed by atoms with Crippen LogP contribution < -0.4 is 0 Å². The zero-order chi connectivity index (χ0) is 10.5. The maximum atomic E-state index is 10.6. The molecule has 0 heterocycles. The zero-order valence-corrected chi connectivity index (χ0v) is 10.6. The van der Waals surface area contributed by atoms with Gasteiger partial charge in [-0.2, -0.15) is 0 Å². The molecule has 0 saturated carbocycles. The SMILES string of the molecule is CC[Si](CC)(CC)C(C)C(C)=C=O. The molecule has 0 aliphatic rings. The predicted molar refractivity (Wildman–Crippen MR) is 61.5 cm³/mol. The van der Waals surface area contributed by atoms with Crippen molar-refractivity contribution in [3.05, 3.63) is 5.57 Å². The Morgan fingerprint density at radius 2 is 1.62 bits per heavy atom. The molecule has 0 aliphatic heterocycles. The molecule has 0 spiro atoms. The molecule has 0 radical (unpaired) electrons. The lowest BCUT2D eigenvalue weighted by atomic mass is 10.3. The van der Waals surface area contributed by atoms with E-state index in [-0.39, 0.29) is 0 Å². The van der Waals surface area contributed by atoms with E-state index in [4.69, 9.17) is 0 Å². The molecule has 0 aromatic carbocycles. The molecule has 0 aromatic rings. The van der Waals surface area contributed by atoms with E-state index in [0.29, 0.717) is 5.54 Å². The van der Waals surface area contributed by atoms with E-state index in [1.165, 1.54) is 18.1 Å². The van der Waals surface area contributed by atoms with Crippen LogP contribution in [-0.4, -0.2) is 14.0 Å². The Balaban J connectivity index is 4.83. The van der Waals surface area contributed by atoms with E-state index >= 15 is 0 Å². The van der Waals surface area contributed by atoms with Crippen LogP contribution in [0.25, 0.3) is 0 Å². The van der Waals surface area contributed by atoms with Gasteiger partial charge in [-0.25, -0.2) is 4.79 Å². The number of hydrogen-bond donors (Lipinski definition) is 0. The third kappa shape index (κ3) is 2.55. The second-order valence-electron chi connectivity index (χ2n) is 3.93. The molecule has 0 fully saturated rings. The summed E-state index contributed by atoms with van der Waals surface area (Å²) in [6.45, 7) is 11.0. The first-order chi connectivity index (χ1) is 6.07. The lowest BCUT2D eigenvalue weighted by molar-refractivity contribution is 0.566. The van der Waals surface area contributed by atoms with Crippen LogP contribution in [0.1, 0.15) is 34.6 Å². The molecule has 1 unspecified atom stereocenters. The van der Waals surface area contributed by atoms with Crippen molar-refractivity contribution in [3.63, 3.8) is 0 Å². The highest BCUT2D eigenvalue weighted by Crippen LogP contribution is 2.36. The molecule has 0 aliphatic carbocycles. The van der Waals surface area contributed by atoms with Gasteiger partial charge >= 0.3 is 0 Å². The summed E-state index contributed by atoms with van der Waals surface area (Å²) in [7, 11) is -1.20. The van der Waals surface area contributed by atoms with Gasteiger partial charge in [0.05, 0.1) is 8.07 Å². The van der Waals surface area contributed by atoms with Crippen molar-refractivity contribution in [1.29, 1.82) is 0 Å². The average molecular weight is 198 g/mol. The van der Waals surface area contributed by atoms with E-state index in [2.05, 4.69) is 33.6 Å². The van der Waals surface area contributed by atoms with Crippen LogP contribution in [0.5, 0.6) is 0 Å². The molecule has 0 N–H and O–H groups in total. The molecule has 0 bridgehead atoms. The Hall–Kier alpha value is -0.333. The Labute approximate surface area is 83.2 Å². The van der Waals surface area contributed by atoms with Crippen LogP contribution in [0.3, 0.4) is 0 Å². The van der Waals surface area contributed by atoms with Crippen molar-refractivity contribution in [2.75, 3.05) is 0 Å². The molecule has 76 valence electrons. The molecule has 1 atom stereocenters. The molecule has 13 heavy (non-hydrogen) atoms. The van der Waals surface area contributed by atoms with E-state index in [9.17, 15) is 4.79 Å². The fourth-order valence-corrected chi connectivity index (χ4v) is 6.53. The van der Waals surface area contributed by atoms with Crippen molar-refractivity contribution in [2.24, 2.45) is 0 Å². The summed E-state index contributed by atoms with van der Waals surface area (Å²) in [5.74, 6) is 2.07. The molecule has 2 heteroatoms. The van der Waals surface area contributed by atoms with Gasteiger partial charge in [0.15, 0.2) is 0 Å². The van der Waals surface area contributed by atoms with Gasteiger partial charge in [0.2, 0.25) is 0 Å². The van der Waals surface area contributed by atoms with Gasteiger partial charge in [-0.05, 0) is 12.5 Å². The highest BCUT2D eigenvalue weighted by atomic mass is 28.3. The summed E-state index contributed by atoms with van der Waals surface area (Å²) in [6.07, 6.45) is 0. The first-order valence-corrected chi connectivity index (χ1v) is 7.99. The Morgan fingerprint density at radius 1 is 1.23 bits per heavy atom. The molecule has 0 saturated heterocycles. The second kappa shape index (κ2) is 5.41. The third-order valence-corrected chi connectivity index (χ3v) is 10.3. The first-order valence-electron chi connectivity index (χ1n) is 5.29. The summed E-state index contributed by atoms with van der Waals surface area (Å²) in [5, 5.41) is 0. The summed E-state index contributed by atoms with van der Waals surface area (Å²) >= 11 is 0. The monoisotopic (exact) mass is 198 g/mol. The highest BCUT2D eigenvalue weighted by molar-refractivity contribution is 6.81. The van der Waals surface area contributed by atoms with Crippen LogP contribution in [0.15, 0.2) is 5.57 Å². The van der Waals surface area contributed by atoms with Gasteiger partial charge in [-0.15, -0.1) is 0 Å². The lowest BCUT2D eigenvalue weighted by Gasteiger charge is -2.34. The van der Waals surface area contributed by atoms with E-state index < -0.39 is 8.07 Å². The van der Waals surface area contributed by atoms with Crippen molar-refractivity contribution in [1.82, 2.24) is 0 Å². The molecule has 0 rings (SSSR count). The van der Waals surface area contributed by atoms with E-state index in [1.807, 2.05) is 6.92 Å². The van der Waals surface area contributed by atoms with Gasteiger partial charge in [0.25, 0.3) is 0 Å². The van der Waals surface area contributed by atoms with Crippen molar-refractivity contribution >= 4 is 14.0 Å². The Bertz CT molecular complexity index is 192. The van der Waals surface area contributed by atoms with Gasteiger partial charge in [-0.3, -0.25) is 0 Å². The van der Waals surface area contributed by atoms with E-state index in [1.54, 1.807) is 0 Å². The number of rotatable bonds is 5. The van der Waals surface area contributed by atoms with Crippen molar-refractivity contribution in [3.8, 4) is 0 Å². The number of hydrogen-bond acceptors (Lipinski definition) is 1. The minimum Gasteiger partial charge on any atom is -0.234 e. The van der Waals surface area contributed by atoms with Crippen LogP contribution >= 0.6 is 0 Å². The lowest BCUT2D eigenvalue weighted by Crippen LogP contribution is -2.36. The molecule has 0 aromatic heterocycles. The zero-order valence-electron chi connectivity index (χ0n) is 9.61. The molecular formula is C11H22OSi. The largest absolute Gasteiger partial charge is 0.234 e. The minimum atomic E-state index is -1.20. The summed E-state index contributed by atoms with van der Waals surface area (Å²) in [5.41, 5.74) is 1.43. The Morgan fingerprint density at radius 3 is 1.85 bits per heavy atom. The van der Waals surface area contributed by atoms with Gasteiger partial charge in [0.1, 0.15) is 5.94 Å². The second-order valence-corrected chi connectivity index (χ2v) is 9.64. The van der Waals surface area contributed by atoms with Crippen molar-refractivity contribution < 1.29 is 4.79 Å². The summed E-state index contributed by atoms with van der Waals surface area (Å²) < 4.78 is 0. The fourth-order valence-electron chi connectivity index (χ4n) is 2.22. The standard InChI is InChI=1S/C11H22OSi/c1-6-13(7-2,8-3)11(5)10(4)9-12/h11H,6-8H2,1-5H3.